The number of rotatable bonds is 4. The highest BCUT2D eigenvalue weighted by Gasteiger charge is 2.37. The van der Waals surface area contributed by atoms with Crippen molar-refractivity contribution in [3.05, 3.63) is 186 Å². The summed E-state index contributed by atoms with van der Waals surface area (Å²) in [6.07, 6.45) is 0. The van der Waals surface area contributed by atoms with Crippen LogP contribution in [-0.4, -0.2) is 0 Å². The zero-order valence-corrected chi connectivity index (χ0v) is 29.5. The fraction of sp³-hybridized carbons (Fsp3) is 0.120. The molecule has 0 spiro atoms. The molecule has 0 saturated heterocycles. The predicted octanol–water partition coefficient (Wildman–Crippen LogP) is 13.7. The molecule has 10 rings (SSSR count). The maximum atomic E-state index is 2.46. The van der Waals surface area contributed by atoms with Crippen LogP contribution in [0.25, 0.3) is 54.9 Å². The highest BCUT2D eigenvalue weighted by molar-refractivity contribution is 5.96. The van der Waals surface area contributed by atoms with Crippen LogP contribution in [0.3, 0.4) is 0 Å². The predicted molar refractivity (Wildman–Crippen MR) is 217 cm³/mol. The maximum absolute atomic E-state index is 2.46. The largest absolute Gasteiger partial charge is 0.310 e. The molecule has 0 heterocycles. The lowest BCUT2D eigenvalue weighted by molar-refractivity contribution is 0.660. The fourth-order valence-electron chi connectivity index (χ4n) is 9.05. The van der Waals surface area contributed by atoms with Gasteiger partial charge in [0.1, 0.15) is 0 Å². The molecule has 2 aliphatic carbocycles. The van der Waals surface area contributed by atoms with E-state index in [1.165, 1.54) is 77.2 Å². The molecule has 0 aromatic heterocycles. The second kappa shape index (κ2) is 10.8. The minimum absolute atomic E-state index is 0.0447. The Labute approximate surface area is 300 Å². The van der Waals surface area contributed by atoms with E-state index in [-0.39, 0.29) is 10.8 Å². The smallest absolute Gasteiger partial charge is 0.0468 e. The van der Waals surface area contributed by atoms with Crippen LogP contribution in [0.5, 0.6) is 0 Å². The SMILES string of the molecule is CC1(C)c2ccccc2-c2cc(N(c3cccc(-c4ccc5ccccc5c4)c3)c3ccc4c(c3)-c3cc5ccccc5cc3C4(C)C)ccc21. The molecular weight excluding hydrogens is 615 g/mol. The van der Waals surface area contributed by atoms with Gasteiger partial charge in [0.15, 0.2) is 0 Å². The summed E-state index contributed by atoms with van der Waals surface area (Å²) in [6, 6.07) is 61.2. The van der Waals surface area contributed by atoms with E-state index in [1.54, 1.807) is 0 Å². The van der Waals surface area contributed by atoms with E-state index in [0.29, 0.717) is 0 Å². The van der Waals surface area contributed by atoms with Crippen molar-refractivity contribution in [2.24, 2.45) is 0 Å². The van der Waals surface area contributed by atoms with Gasteiger partial charge < -0.3 is 4.90 Å². The zero-order valence-electron chi connectivity index (χ0n) is 29.5. The summed E-state index contributed by atoms with van der Waals surface area (Å²) >= 11 is 0. The minimum Gasteiger partial charge on any atom is -0.310 e. The molecule has 2 aliphatic rings. The lowest BCUT2D eigenvalue weighted by Gasteiger charge is -2.28. The monoisotopic (exact) mass is 653 g/mol. The van der Waals surface area contributed by atoms with Crippen LogP contribution in [0.1, 0.15) is 49.9 Å². The molecule has 0 N–H and O–H groups in total. The van der Waals surface area contributed by atoms with Crippen molar-refractivity contribution in [1.82, 2.24) is 0 Å². The van der Waals surface area contributed by atoms with Gasteiger partial charge in [0.05, 0.1) is 0 Å². The van der Waals surface area contributed by atoms with E-state index in [2.05, 4.69) is 196 Å². The molecule has 0 amide bonds. The molecule has 244 valence electrons. The van der Waals surface area contributed by atoms with E-state index < -0.39 is 0 Å². The fourth-order valence-corrected chi connectivity index (χ4v) is 9.05. The molecule has 51 heavy (non-hydrogen) atoms. The summed E-state index contributed by atoms with van der Waals surface area (Å²) in [7, 11) is 0. The van der Waals surface area contributed by atoms with Gasteiger partial charge in [-0.05, 0) is 132 Å². The molecule has 0 radical (unpaired) electrons. The number of hydrogen-bond donors (Lipinski definition) is 0. The molecular formula is C50H39N. The molecule has 0 atom stereocenters. The lowest BCUT2D eigenvalue weighted by atomic mass is 9.82. The molecule has 0 unspecified atom stereocenters. The van der Waals surface area contributed by atoms with Gasteiger partial charge in [-0.2, -0.15) is 0 Å². The molecule has 0 aliphatic heterocycles. The van der Waals surface area contributed by atoms with Crippen molar-refractivity contribution < 1.29 is 0 Å². The third-order valence-electron chi connectivity index (χ3n) is 11.8. The standard InChI is InChI=1S/C50H39N/c1-49(2)45-19-10-9-18-41(45)43-30-39(22-24-46(43)49)51(38-17-11-16-34(27-38)37-21-20-32-12-5-6-13-33(32)26-37)40-23-25-47-44(31-40)42-28-35-14-7-8-15-36(35)29-48(42)50(47,3)4/h5-31H,1-4H3. The molecule has 8 aromatic rings. The van der Waals surface area contributed by atoms with Gasteiger partial charge in [0.25, 0.3) is 0 Å². The molecule has 8 aromatic carbocycles. The van der Waals surface area contributed by atoms with Crippen LogP contribution in [0.4, 0.5) is 17.1 Å². The average molecular weight is 654 g/mol. The second-order valence-electron chi connectivity index (χ2n) is 15.4. The van der Waals surface area contributed by atoms with E-state index in [1.807, 2.05) is 0 Å². The Morgan fingerprint density at radius 3 is 1.55 bits per heavy atom. The van der Waals surface area contributed by atoms with Crippen molar-refractivity contribution in [3.8, 4) is 33.4 Å². The number of hydrogen-bond acceptors (Lipinski definition) is 1. The highest BCUT2D eigenvalue weighted by Crippen LogP contribution is 2.53. The van der Waals surface area contributed by atoms with E-state index in [9.17, 15) is 0 Å². The Morgan fingerprint density at radius 1 is 0.314 bits per heavy atom. The van der Waals surface area contributed by atoms with Crippen LogP contribution in [0.15, 0.2) is 164 Å². The second-order valence-corrected chi connectivity index (χ2v) is 15.4. The first-order chi connectivity index (χ1) is 24.8. The summed E-state index contributed by atoms with van der Waals surface area (Å²) < 4.78 is 0. The van der Waals surface area contributed by atoms with Crippen LogP contribution < -0.4 is 4.90 Å². The first-order valence-corrected chi connectivity index (χ1v) is 18.1. The Hall–Kier alpha value is -5.92. The lowest BCUT2D eigenvalue weighted by Crippen LogP contribution is -2.16. The number of benzene rings is 8. The quantitative estimate of drug-likeness (QED) is 0.183. The van der Waals surface area contributed by atoms with Gasteiger partial charge in [-0.25, -0.2) is 0 Å². The zero-order chi connectivity index (χ0) is 34.5. The summed E-state index contributed by atoms with van der Waals surface area (Å²) in [5.41, 5.74) is 16.6. The van der Waals surface area contributed by atoms with Crippen molar-refractivity contribution in [1.29, 1.82) is 0 Å². The minimum atomic E-state index is -0.0864. The van der Waals surface area contributed by atoms with Crippen molar-refractivity contribution in [2.75, 3.05) is 4.90 Å². The Bertz CT molecular complexity index is 2710. The molecule has 0 saturated carbocycles. The first-order valence-electron chi connectivity index (χ1n) is 18.1. The Morgan fingerprint density at radius 2 is 0.824 bits per heavy atom. The molecule has 1 heteroatoms. The van der Waals surface area contributed by atoms with Crippen molar-refractivity contribution in [2.45, 2.75) is 38.5 Å². The van der Waals surface area contributed by atoms with E-state index in [4.69, 9.17) is 0 Å². The summed E-state index contributed by atoms with van der Waals surface area (Å²) in [5, 5.41) is 5.09. The molecule has 1 nitrogen and oxygen atoms in total. The average Bonchev–Trinajstić information content (AvgIpc) is 3.52. The van der Waals surface area contributed by atoms with E-state index in [0.717, 1.165) is 17.1 Å². The van der Waals surface area contributed by atoms with Gasteiger partial charge in [-0.1, -0.05) is 137 Å². The summed E-state index contributed by atoms with van der Waals surface area (Å²) in [5.74, 6) is 0. The summed E-state index contributed by atoms with van der Waals surface area (Å²) in [6.45, 7) is 9.45. The van der Waals surface area contributed by atoms with Crippen LogP contribution >= 0.6 is 0 Å². The number of fused-ring (bicyclic) bond motifs is 8. The van der Waals surface area contributed by atoms with E-state index >= 15 is 0 Å². The van der Waals surface area contributed by atoms with Crippen LogP contribution in [-0.2, 0) is 10.8 Å². The molecule has 0 bridgehead atoms. The third-order valence-corrected chi connectivity index (χ3v) is 11.8. The van der Waals surface area contributed by atoms with Gasteiger partial charge in [0, 0.05) is 27.9 Å². The first kappa shape index (κ1) is 29.9. The highest BCUT2D eigenvalue weighted by atomic mass is 15.1. The Kier molecular flexibility index (Phi) is 6.34. The van der Waals surface area contributed by atoms with Crippen molar-refractivity contribution >= 4 is 38.6 Å². The summed E-state index contributed by atoms with van der Waals surface area (Å²) in [4.78, 5) is 2.46. The van der Waals surface area contributed by atoms with Crippen molar-refractivity contribution in [3.63, 3.8) is 0 Å². The Balaban J connectivity index is 1.18. The normalized spacial score (nSPS) is 14.6. The number of nitrogens with zero attached hydrogens (tertiary/aromatic N) is 1. The van der Waals surface area contributed by atoms with Gasteiger partial charge in [0.2, 0.25) is 0 Å². The topological polar surface area (TPSA) is 3.24 Å². The van der Waals surface area contributed by atoms with Crippen LogP contribution in [0, 0.1) is 0 Å². The number of anilines is 3. The van der Waals surface area contributed by atoms with Gasteiger partial charge >= 0.3 is 0 Å². The maximum Gasteiger partial charge on any atom is 0.0468 e. The molecule has 0 fully saturated rings. The third kappa shape index (κ3) is 4.47. The van der Waals surface area contributed by atoms with Gasteiger partial charge in [-0.15, -0.1) is 0 Å². The van der Waals surface area contributed by atoms with Gasteiger partial charge in [-0.3, -0.25) is 0 Å². The van der Waals surface area contributed by atoms with Crippen LogP contribution in [0.2, 0.25) is 0 Å².